The molecule has 2 aliphatic rings. The van der Waals surface area contributed by atoms with Gasteiger partial charge in [-0.15, -0.1) is 0 Å². The molecule has 0 spiro atoms. The van der Waals surface area contributed by atoms with Crippen LogP contribution in [-0.4, -0.2) is 12.1 Å². The average Bonchev–Trinajstić information content (AvgIpc) is 2.21. The Kier molecular flexibility index (Phi) is 3.20. The molecule has 0 bridgehead atoms. The van der Waals surface area contributed by atoms with E-state index in [2.05, 4.69) is 29.6 Å². The molecule has 0 aromatic rings. The van der Waals surface area contributed by atoms with Gasteiger partial charge in [0.25, 0.3) is 0 Å². The van der Waals surface area contributed by atoms with Gasteiger partial charge in [-0.2, -0.15) is 0 Å². The maximum Gasteiger partial charge on any atom is 0.0252 e. The minimum absolute atomic E-state index is 0.658. The first-order valence-electron chi connectivity index (χ1n) is 5.53. The van der Waals surface area contributed by atoms with Crippen LogP contribution in [0.3, 0.4) is 0 Å². The van der Waals surface area contributed by atoms with Gasteiger partial charge in [0.15, 0.2) is 0 Å². The highest BCUT2D eigenvalue weighted by Gasteiger charge is 2.14. The Balaban J connectivity index is 1.79. The molecule has 0 aromatic heterocycles. The number of allylic oxidation sites excluding steroid dienone is 2. The van der Waals surface area contributed by atoms with Gasteiger partial charge in [-0.3, -0.25) is 0 Å². The van der Waals surface area contributed by atoms with Crippen LogP contribution < -0.4 is 5.32 Å². The molecule has 0 amide bonds. The van der Waals surface area contributed by atoms with E-state index in [0.717, 1.165) is 6.04 Å². The lowest BCUT2D eigenvalue weighted by Gasteiger charge is -2.26. The van der Waals surface area contributed by atoms with Gasteiger partial charge in [-0.05, 0) is 38.5 Å². The van der Waals surface area contributed by atoms with Gasteiger partial charge in [-0.1, -0.05) is 24.3 Å². The molecule has 0 aromatic carbocycles. The SMILES string of the molecule is C1=CC(NC2CC=CCC2)CCC1. The van der Waals surface area contributed by atoms with Crippen LogP contribution in [0.2, 0.25) is 0 Å². The largest absolute Gasteiger partial charge is 0.307 e. The highest BCUT2D eigenvalue weighted by atomic mass is 14.9. The van der Waals surface area contributed by atoms with Crippen molar-refractivity contribution in [2.24, 2.45) is 0 Å². The van der Waals surface area contributed by atoms with Gasteiger partial charge in [0, 0.05) is 12.1 Å². The smallest absolute Gasteiger partial charge is 0.0252 e. The van der Waals surface area contributed by atoms with E-state index in [1.165, 1.54) is 38.5 Å². The van der Waals surface area contributed by atoms with E-state index in [1.807, 2.05) is 0 Å². The number of rotatable bonds is 2. The summed E-state index contributed by atoms with van der Waals surface area (Å²) < 4.78 is 0. The van der Waals surface area contributed by atoms with Crippen molar-refractivity contribution in [2.75, 3.05) is 0 Å². The lowest BCUT2D eigenvalue weighted by molar-refractivity contribution is 0.414. The van der Waals surface area contributed by atoms with Gasteiger partial charge in [0.2, 0.25) is 0 Å². The number of nitrogens with one attached hydrogen (secondary N) is 1. The fourth-order valence-electron chi connectivity index (χ4n) is 2.20. The third-order valence-electron chi connectivity index (χ3n) is 2.97. The molecule has 2 aliphatic carbocycles. The summed E-state index contributed by atoms with van der Waals surface area (Å²) in [7, 11) is 0. The molecule has 0 heterocycles. The Hall–Kier alpha value is -0.560. The van der Waals surface area contributed by atoms with Crippen LogP contribution in [0.15, 0.2) is 24.3 Å². The fraction of sp³-hybridized carbons (Fsp3) is 0.667. The van der Waals surface area contributed by atoms with Gasteiger partial charge >= 0.3 is 0 Å². The standard InChI is InChI=1S/C12H19N/c1-3-7-11(8-4-1)13-12-9-5-2-6-10-12/h1,3,5,9,11-13H,2,4,6-8,10H2. The Morgan fingerprint density at radius 2 is 2.00 bits per heavy atom. The van der Waals surface area contributed by atoms with Crippen LogP contribution in [-0.2, 0) is 0 Å². The van der Waals surface area contributed by atoms with Crippen molar-refractivity contribution >= 4 is 0 Å². The normalized spacial score (nSPS) is 33.5. The maximum absolute atomic E-state index is 3.72. The van der Waals surface area contributed by atoms with Crippen LogP contribution >= 0.6 is 0 Å². The van der Waals surface area contributed by atoms with Gasteiger partial charge in [0.1, 0.15) is 0 Å². The zero-order valence-electron chi connectivity index (χ0n) is 8.21. The zero-order valence-corrected chi connectivity index (χ0v) is 8.21. The van der Waals surface area contributed by atoms with Gasteiger partial charge < -0.3 is 5.32 Å². The molecule has 1 heteroatoms. The minimum atomic E-state index is 0.658. The summed E-state index contributed by atoms with van der Waals surface area (Å²) in [5.74, 6) is 0. The van der Waals surface area contributed by atoms with Gasteiger partial charge in [0.05, 0.1) is 0 Å². The summed E-state index contributed by atoms with van der Waals surface area (Å²) in [5, 5.41) is 3.72. The Morgan fingerprint density at radius 1 is 1.00 bits per heavy atom. The third kappa shape index (κ3) is 2.70. The van der Waals surface area contributed by atoms with Crippen molar-refractivity contribution in [3.8, 4) is 0 Å². The maximum atomic E-state index is 3.72. The summed E-state index contributed by atoms with van der Waals surface area (Å²) in [4.78, 5) is 0. The third-order valence-corrected chi connectivity index (χ3v) is 2.97. The molecule has 2 atom stereocenters. The van der Waals surface area contributed by atoms with E-state index < -0.39 is 0 Å². The second-order valence-corrected chi connectivity index (χ2v) is 4.11. The molecule has 72 valence electrons. The van der Waals surface area contributed by atoms with Crippen molar-refractivity contribution in [2.45, 2.75) is 50.6 Å². The van der Waals surface area contributed by atoms with Crippen molar-refractivity contribution < 1.29 is 0 Å². The van der Waals surface area contributed by atoms with Crippen LogP contribution in [0.4, 0.5) is 0 Å². The van der Waals surface area contributed by atoms with E-state index in [-0.39, 0.29) is 0 Å². The van der Waals surface area contributed by atoms with Crippen molar-refractivity contribution in [1.29, 1.82) is 0 Å². The second kappa shape index (κ2) is 4.61. The molecule has 2 rings (SSSR count). The first kappa shape index (κ1) is 9.01. The molecule has 0 fully saturated rings. The zero-order chi connectivity index (χ0) is 8.93. The molecule has 1 nitrogen and oxygen atoms in total. The molecule has 0 saturated heterocycles. The molecule has 0 radical (unpaired) electrons. The van der Waals surface area contributed by atoms with E-state index in [9.17, 15) is 0 Å². The van der Waals surface area contributed by atoms with E-state index in [1.54, 1.807) is 0 Å². The second-order valence-electron chi connectivity index (χ2n) is 4.11. The first-order chi connectivity index (χ1) is 6.45. The van der Waals surface area contributed by atoms with Crippen LogP contribution in [0, 0.1) is 0 Å². The van der Waals surface area contributed by atoms with Crippen LogP contribution in [0.25, 0.3) is 0 Å². The summed E-state index contributed by atoms with van der Waals surface area (Å²) in [6, 6.07) is 1.39. The molecule has 0 aliphatic heterocycles. The van der Waals surface area contributed by atoms with Gasteiger partial charge in [-0.25, -0.2) is 0 Å². The van der Waals surface area contributed by atoms with E-state index in [4.69, 9.17) is 0 Å². The number of hydrogen-bond donors (Lipinski definition) is 1. The van der Waals surface area contributed by atoms with Crippen molar-refractivity contribution in [3.05, 3.63) is 24.3 Å². The lowest BCUT2D eigenvalue weighted by Crippen LogP contribution is -2.38. The monoisotopic (exact) mass is 177 g/mol. The van der Waals surface area contributed by atoms with Crippen molar-refractivity contribution in [3.63, 3.8) is 0 Å². The summed E-state index contributed by atoms with van der Waals surface area (Å²) in [5.41, 5.74) is 0. The fourth-order valence-corrected chi connectivity index (χ4v) is 2.20. The highest BCUT2D eigenvalue weighted by Crippen LogP contribution is 2.15. The van der Waals surface area contributed by atoms with E-state index in [0.29, 0.717) is 6.04 Å². The molecule has 0 saturated carbocycles. The summed E-state index contributed by atoms with van der Waals surface area (Å²) in [6.45, 7) is 0. The molecule has 2 unspecified atom stereocenters. The molecule has 1 N–H and O–H groups in total. The predicted octanol–water partition coefficient (Wildman–Crippen LogP) is 2.79. The predicted molar refractivity (Wildman–Crippen MR) is 56.7 cm³/mol. The Bertz CT molecular complexity index is 205. The van der Waals surface area contributed by atoms with Crippen LogP contribution in [0.1, 0.15) is 38.5 Å². The molecule has 13 heavy (non-hydrogen) atoms. The lowest BCUT2D eigenvalue weighted by atomic mass is 9.97. The molecular weight excluding hydrogens is 158 g/mol. The average molecular weight is 177 g/mol. The summed E-state index contributed by atoms with van der Waals surface area (Å²) in [6.07, 6.45) is 17.1. The minimum Gasteiger partial charge on any atom is -0.307 e. The van der Waals surface area contributed by atoms with E-state index >= 15 is 0 Å². The Morgan fingerprint density at radius 3 is 2.69 bits per heavy atom. The summed E-state index contributed by atoms with van der Waals surface area (Å²) >= 11 is 0. The highest BCUT2D eigenvalue weighted by molar-refractivity contribution is 5.01. The number of hydrogen-bond acceptors (Lipinski definition) is 1. The Labute approximate surface area is 80.9 Å². The van der Waals surface area contributed by atoms with Crippen molar-refractivity contribution in [1.82, 2.24) is 5.32 Å². The van der Waals surface area contributed by atoms with Crippen LogP contribution in [0.5, 0.6) is 0 Å². The quantitative estimate of drug-likeness (QED) is 0.639. The molecular formula is C12H19N. The first-order valence-corrected chi connectivity index (χ1v) is 5.53. The topological polar surface area (TPSA) is 12.0 Å².